The van der Waals surface area contributed by atoms with Crippen LogP contribution >= 0.6 is 11.3 Å². The van der Waals surface area contributed by atoms with Gasteiger partial charge in [-0.05, 0) is 6.92 Å². The maximum absolute atomic E-state index is 4.49. The van der Waals surface area contributed by atoms with Gasteiger partial charge < -0.3 is 0 Å². The molecule has 0 saturated carbocycles. The van der Waals surface area contributed by atoms with Crippen molar-refractivity contribution in [2.24, 2.45) is 0 Å². The fourth-order valence-corrected chi connectivity index (χ4v) is 2.10. The number of hydrogen-bond donors (Lipinski definition) is 0. The summed E-state index contributed by atoms with van der Waals surface area (Å²) in [6, 6.07) is 8.36. The van der Waals surface area contributed by atoms with E-state index in [9.17, 15) is 0 Å². The molecule has 4 heteroatoms. The molecule has 2 aromatic heterocycles. The lowest BCUT2D eigenvalue weighted by Gasteiger charge is -1.95. The molecule has 0 N–H and O–H groups in total. The van der Waals surface area contributed by atoms with Gasteiger partial charge in [0.05, 0.1) is 11.9 Å². The number of hydrogen-bond acceptors (Lipinski definition) is 3. The van der Waals surface area contributed by atoms with Crippen LogP contribution in [0, 0.1) is 6.92 Å². The number of aromatic nitrogens is 3. The molecule has 0 radical (unpaired) electrons. The Labute approximate surface area is 91.0 Å². The summed E-state index contributed by atoms with van der Waals surface area (Å²) in [5, 5.41) is 4.16. The summed E-state index contributed by atoms with van der Waals surface area (Å²) in [7, 11) is 0. The van der Waals surface area contributed by atoms with Gasteiger partial charge in [-0.2, -0.15) is 5.10 Å². The third-order valence-corrected chi connectivity index (χ3v) is 3.02. The van der Waals surface area contributed by atoms with Crippen molar-refractivity contribution in [3.63, 3.8) is 0 Å². The summed E-state index contributed by atoms with van der Waals surface area (Å²) in [6.07, 6.45) is 1.95. The number of imidazole rings is 1. The van der Waals surface area contributed by atoms with Crippen LogP contribution in [0.2, 0.25) is 0 Å². The number of rotatable bonds is 1. The largest absolute Gasteiger partial charge is 0.217 e. The molecular weight excluding hydrogens is 206 g/mol. The standard InChI is InChI=1S/C11H9N3S/c1-8-2-4-9(5-3-8)10-6-14-11(13-10)15-7-12-14/h2-7H,1H3. The molecule has 0 aliphatic carbocycles. The van der Waals surface area contributed by atoms with E-state index in [1.807, 2.05) is 6.20 Å². The Morgan fingerprint density at radius 1 is 1.20 bits per heavy atom. The number of aryl methyl sites for hydroxylation is 1. The Kier molecular flexibility index (Phi) is 1.82. The molecule has 15 heavy (non-hydrogen) atoms. The first-order valence-corrected chi connectivity index (χ1v) is 5.57. The SMILES string of the molecule is Cc1ccc(-c2cn3ncsc3n2)cc1. The monoisotopic (exact) mass is 215 g/mol. The first kappa shape index (κ1) is 8.61. The maximum atomic E-state index is 4.49. The summed E-state index contributed by atoms with van der Waals surface area (Å²) >= 11 is 1.55. The Hall–Kier alpha value is -1.68. The first-order chi connectivity index (χ1) is 7.33. The zero-order valence-electron chi connectivity index (χ0n) is 8.21. The molecule has 1 aromatic carbocycles. The summed E-state index contributed by atoms with van der Waals surface area (Å²) in [5.41, 5.74) is 5.17. The van der Waals surface area contributed by atoms with Gasteiger partial charge in [0.2, 0.25) is 4.96 Å². The molecular formula is C11H9N3S. The first-order valence-electron chi connectivity index (χ1n) is 4.69. The molecule has 0 unspecified atom stereocenters. The van der Waals surface area contributed by atoms with Crippen LogP contribution in [-0.2, 0) is 0 Å². The van der Waals surface area contributed by atoms with Crippen molar-refractivity contribution in [3.8, 4) is 11.3 Å². The minimum atomic E-state index is 0.936. The number of benzene rings is 1. The van der Waals surface area contributed by atoms with Gasteiger partial charge in [-0.25, -0.2) is 9.50 Å². The third kappa shape index (κ3) is 1.43. The molecule has 0 saturated heterocycles. The normalized spacial score (nSPS) is 11.0. The van der Waals surface area contributed by atoms with Crippen LogP contribution in [0.1, 0.15) is 5.56 Å². The second kappa shape index (κ2) is 3.17. The highest BCUT2D eigenvalue weighted by Crippen LogP contribution is 2.20. The van der Waals surface area contributed by atoms with Crippen LogP contribution in [0.25, 0.3) is 16.2 Å². The van der Waals surface area contributed by atoms with E-state index in [1.165, 1.54) is 5.56 Å². The van der Waals surface area contributed by atoms with E-state index in [0.29, 0.717) is 0 Å². The molecule has 2 heterocycles. The topological polar surface area (TPSA) is 30.2 Å². The fourth-order valence-electron chi connectivity index (χ4n) is 1.50. The molecule has 0 aliphatic rings. The summed E-state index contributed by atoms with van der Waals surface area (Å²) in [5.74, 6) is 0. The molecule has 3 aromatic rings. The van der Waals surface area contributed by atoms with Gasteiger partial charge in [-0.1, -0.05) is 41.2 Å². The molecule has 0 atom stereocenters. The van der Waals surface area contributed by atoms with Crippen LogP contribution in [0.15, 0.2) is 36.0 Å². The Morgan fingerprint density at radius 2 is 2.00 bits per heavy atom. The average Bonchev–Trinajstić information content (AvgIpc) is 2.78. The molecule has 3 nitrogen and oxygen atoms in total. The van der Waals surface area contributed by atoms with Crippen molar-refractivity contribution >= 4 is 16.3 Å². The van der Waals surface area contributed by atoms with Crippen molar-refractivity contribution in [1.82, 2.24) is 14.6 Å². The highest BCUT2D eigenvalue weighted by molar-refractivity contribution is 7.14. The maximum Gasteiger partial charge on any atom is 0.212 e. The third-order valence-electron chi connectivity index (χ3n) is 2.33. The number of fused-ring (bicyclic) bond motifs is 1. The fraction of sp³-hybridized carbons (Fsp3) is 0.0909. The van der Waals surface area contributed by atoms with Crippen LogP contribution < -0.4 is 0 Å². The Balaban J connectivity index is 2.13. The second-order valence-electron chi connectivity index (χ2n) is 3.46. The van der Waals surface area contributed by atoms with E-state index >= 15 is 0 Å². The summed E-state index contributed by atoms with van der Waals surface area (Å²) < 4.78 is 1.81. The molecule has 0 amide bonds. The minimum Gasteiger partial charge on any atom is -0.217 e. The Morgan fingerprint density at radius 3 is 2.73 bits per heavy atom. The molecule has 0 aliphatic heterocycles. The highest BCUT2D eigenvalue weighted by Gasteiger charge is 2.04. The van der Waals surface area contributed by atoms with Gasteiger partial charge in [-0.3, -0.25) is 0 Å². The van der Waals surface area contributed by atoms with E-state index in [4.69, 9.17) is 0 Å². The average molecular weight is 215 g/mol. The van der Waals surface area contributed by atoms with Gasteiger partial charge in [0.1, 0.15) is 5.51 Å². The lowest BCUT2D eigenvalue weighted by molar-refractivity contribution is 0.974. The van der Waals surface area contributed by atoms with Crippen LogP contribution in [0.5, 0.6) is 0 Å². The van der Waals surface area contributed by atoms with Crippen LogP contribution in [0.4, 0.5) is 0 Å². The molecule has 0 fully saturated rings. The van der Waals surface area contributed by atoms with E-state index in [0.717, 1.165) is 16.2 Å². The predicted molar refractivity (Wildman–Crippen MR) is 61.0 cm³/mol. The van der Waals surface area contributed by atoms with Crippen LogP contribution in [0.3, 0.4) is 0 Å². The van der Waals surface area contributed by atoms with Gasteiger partial charge in [0, 0.05) is 5.56 Å². The lowest BCUT2D eigenvalue weighted by Crippen LogP contribution is -1.78. The lowest BCUT2D eigenvalue weighted by atomic mass is 10.1. The smallest absolute Gasteiger partial charge is 0.212 e. The molecule has 3 rings (SSSR count). The minimum absolute atomic E-state index is 0.936. The van der Waals surface area contributed by atoms with Gasteiger partial charge in [0.25, 0.3) is 0 Å². The van der Waals surface area contributed by atoms with Crippen molar-refractivity contribution in [2.75, 3.05) is 0 Å². The zero-order chi connectivity index (χ0) is 10.3. The van der Waals surface area contributed by atoms with Crippen molar-refractivity contribution in [1.29, 1.82) is 0 Å². The predicted octanol–water partition coefficient (Wildman–Crippen LogP) is 2.77. The van der Waals surface area contributed by atoms with Crippen LogP contribution in [-0.4, -0.2) is 14.6 Å². The van der Waals surface area contributed by atoms with E-state index in [1.54, 1.807) is 21.4 Å². The Bertz CT molecular complexity index is 563. The molecule has 0 spiro atoms. The van der Waals surface area contributed by atoms with Gasteiger partial charge in [-0.15, -0.1) is 0 Å². The second-order valence-corrected chi connectivity index (χ2v) is 4.27. The van der Waals surface area contributed by atoms with Crippen molar-refractivity contribution in [3.05, 3.63) is 41.5 Å². The molecule has 0 bridgehead atoms. The highest BCUT2D eigenvalue weighted by atomic mass is 32.1. The van der Waals surface area contributed by atoms with Crippen molar-refractivity contribution in [2.45, 2.75) is 6.92 Å². The van der Waals surface area contributed by atoms with E-state index in [2.05, 4.69) is 41.3 Å². The summed E-state index contributed by atoms with van der Waals surface area (Å²) in [6.45, 7) is 2.08. The quantitative estimate of drug-likeness (QED) is 0.624. The summed E-state index contributed by atoms with van der Waals surface area (Å²) in [4.78, 5) is 5.43. The molecule has 74 valence electrons. The number of nitrogens with zero attached hydrogens (tertiary/aromatic N) is 3. The zero-order valence-corrected chi connectivity index (χ0v) is 9.03. The van der Waals surface area contributed by atoms with Crippen molar-refractivity contribution < 1.29 is 0 Å². The van der Waals surface area contributed by atoms with E-state index < -0.39 is 0 Å². The van der Waals surface area contributed by atoms with E-state index in [-0.39, 0.29) is 0 Å². The van der Waals surface area contributed by atoms with Gasteiger partial charge in [0.15, 0.2) is 0 Å². The van der Waals surface area contributed by atoms with Gasteiger partial charge >= 0.3 is 0 Å².